The van der Waals surface area contributed by atoms with E-state index in [1.165, 1.54) is 28.0 Å². The van der Waals surface area contributed by atoms with Crippen LogP contribution in [0, 0.1) is 0 Å². The number of carboxylic acids is 1. The molecule has 0 aliphatic heterocycles. The number of hydrogen-bond donors (Lipinski definition) is 2. The van der Waals surface area contributed by atoms with Crippen molar-refractivity contribution in [3.05, 3.63) is 75.9 Å². The summed E-state index contributed by atoms with van der Waals surface area (Å²) in [7, 11) is 0. The number of carboxylic acid groups (broad SMARTS) is 1. The number of nitrogens with one attached hydrogen (secondary N) is 1. The minimum Gasteiger partial charge on any atom is -0.494 e. The van der Waals surface area contributed by atoms with Gasteiger partial charge in [0.1, 0.15) is 10.4 Å². The van der Waals surface area contributed by atoms with E-state index in [1.807, 2.05) is 6.92 Å². The number of fused-ring (bicyclic) bond motifs is 1. The summed E-state index contributed by atoms with van der Waals surface area (Å²) in [6, 6.07) is 14.8. The lowest BCUT2D eigenvalue weighted by Gasteiger charge is -2.12. The van der Waals surface area contributed by atoms with Crippen LogP contribution in [0.25, 0.3) is 15.9 Å². The molecule has 2 heterocycles. The molecule has 4 rings (SSSR count). The number of hydrogen-bond acceptors (Lipinski definition) is 7. The van der Waals surface area contributed by atoms with Crippen LogP contribution in [0.5, 0.6) is 5.75 Å². The molecule has 0 bridgehead atoms. The molecule has 8 nitrogen and oxygen atoms in total. The zero-order valence-electron chi connectivity index (χ0n) is 17.5. The largest absolute Gasteiger partial charge is 0.494 e. The number of thioether (sulfide) groups is 1. The standard InChI is InChI=1S/C23H19N3O5S2/c1-2-31-17-9-5-15(6-10-17)24-19(27)13-33-23-25-18-11-12-32-20(18)21(28)26(23)16-7-3-14(4-8-16)22(29)30/h3-12H,2,13H2,1H3,(H,24,27)(H,29,30). The van der Waals surface area contributed by atoms with Gasteiger partial charge in [-0.25, -0.2) is 9.78 Å². The summed E-state index contributed by atoms with van der Waals surface area (Å²) in [6.07, 6.45) is 0. The molecule has 0 unspecified atom stereocenters. The van der Waals surface area contributed by atoms with Crippen LogP contribution in [0.2, 0.25) is 0 Å². The Morgan fingerprint density at radius 3 is 2.52 bits per heavy atom. The van der Waals surface area contributed by atoms with Crippen LogP contribution in [0.15, 0.2) is 69.9 Å². The highest BCUT2D eigenvalue weighted by Gasteiger charge is 2.16. The molecule has 0 aliphatic carbocycles. The molecule has 0 spiro atoms. The number of benzene rings is 2. The van der Waals surface area contributed by atoms with E-state index in [0.717, 1.165) is 17.5 Å². The van der Waals surface area contributed by atoms with Crippen molar-refractivity contribution in [1.82, 2.24) is 9.55 Å². The fourth-order valence-corrected chi connectivity index (χ4v) is 4.67. The molecule has 0 aliphatic rings. The van der Waals surface area contributed by atoms with E-state index in [2.05, 4.69) is 10.3 Å². The molecule has 33 heavy (non-hydrogen) atoms. The molecule has 2 N–H and O–H groups in total. The molecule has 2 aromatic heterocycles. The van der Waals surface area contributed by atoms with Gasteiger partial charge in [-0.05, 0) is 66.9 Å². The zero-order chi connectivity index (χ0) is 23.4. The maximum Gasteiger partial charge on any atom is 0.335 e. The number of amides is 1. The van der Waals surface area contributed by atoms with Crippen molar-refractivity contribution in [1.29, 1.82) is 0 Å². The Morgan fingerprint density at radius 1 is 1.12 bits per heavy atom. The summed E-state index contributed by atoms with van der Waals surface area (Å²) < 4.78 is 7.29. The summed E-state index contributed by atoms with van der Waals surface area (Å²) in [4.78, 5) is 41.4. The number of thiophene rings is 1. The molecular weight excluding hydrogens is 462 g/mol. The van der Waals surface area contributed by atoms with E-state index in [4.69, 9.17) is 9.84 Å². The predicted octanol–water partition coefficient (Wildman–Crippen LogP) is 4.27. The lowest BCUT2D eigenvalue weighted by Crippen LogP contribution is -2.22. The van der Waals surface area contributed by atoms with Crippen LogP contribution in [0.3, 0.4) is 0 Å². The topological polar surface area (TPSA) is 111 Å². The van der Waals surface area contributed by atoms with Crippen LogP contribution in [-0.2, 0) is 4.79 Å². The minimum absolute atomic E-state index is 0.0303. The zero-order valence-corrected chi connectivity index (χ0v) is 19.1. The van der Waals surface area contributed by atoms with Gasteiger partial charge in [0.05, 0.1) is 29.1 Å². The van der Waals surface area contributed by atoms with Crippen LogP contribution in [0.1, 0.15) is 17.3 Å². The Kier molecular flexibility index (Phi) is 6.76. The third kappa shape index (κ3) is 5.07. The number of ether oxygens (including phenoxy) is 1. The molecule has 2 aromatic carbocycles. The fourth-order valence-electron chi connectivity index (χ4n) is 3.10. The summed E-state index contributed by atoms with van der Waals surface area (Å²) >= 11 is 2.41. The van der Waals surface area contributed by atoms with Gasteiger partial charge in [-0.3, -0.25) is 14.2 Å². The van der Waals surface area contributed by atoms with Gasteiger partial charge in [0.15, 0.2) is 5.16 Å². The van der Waals surface area contributed by atoms with Gasteiger partial charge in [-0.15, -0.1) is 11.3 Å². The molecule has 1 amide bonds. The predicted molar refractivity (Wildman–Crippen MR) is 129 cm³/mol. The van der Waals surface area contributed by atoms with Gasteiger partial charge >= 0.3 is 5.97 Å². The second-order valence-corrected chi connectivity index (χ2v) is 8.67. The van der Waals surface area contributed by atoms with E-state index in [-0.39, 0.29) is 22.8 Å². The number of carbonyl (C=O) groups excluding carboxylic acids is 1. The summed E-state index contributed by atoms with van der Waals surface area (Å²) in [5, 5.41) is 14.1. The molecule has 0 fully saturated rings. The number of nitrogens with zero attached hydrogens (tertiary/aromatic N) is 2. The number of carbonyl (C=O) groups is 2. The molecule has 10 heteroatoms. The van der Waals surface area contributed by atoms with Crippen molar-refractivity contribution in [2.45, 2.75) is 12.1 Å². The van der Waals surface area contributed by atoms with Crippen molar-refractivity contribution < 1.29 is 19.4 Å². The summed E-state index contributed by atoms with van der Waals surface area (Å²) in [5.74, 6) is -0.559. The number of aromatic nitrogens is 2. The number of rotatable bonds is 8. The van der Waals surface area contributed by atoms with Gasteiger partial charge in [0, 0.05) is 5.69 Å². The normalized spacial score (nSPS) is 10.8. The summed E-state index contributed by atoms with van der Waals surface area (Å²) in [5.41, 5.74) is 1.50. The third-order valence-electron chi connectivity index (χ3n) is 4.60. The van der Waals surface area contributed by atoms with Crippen LogP contribution in [0.4, 0.5) is 5.69 Å². The van der Waals surface area contributed by atoms with Gasteiger partial charge in [-0.2, -0.15) is 0 Å². The molecular formula is C23H19N3O5S2. The van der Waals surface area contributed by atoms with Gasteiger partial charge < -0.3 is 15.2 Å². The van der Waals surface area contributed by atoms with Crippen molar-refractivity contribution in [3.63, 3.8) is 0 Å². The second-order valence-electron chi connectivity index (χ2n) is 6.82. The van der Waals surface area contributed by atoms with Crippen molar-refractivity contribution >= 4 is 50.9 Å². The average Bonchev–Trinajstić information content (AvgIpc) is 3.28. The third-order valence-corrected chi connectivity index (χ3v) is 6.43. The Morgan fingerprint density at radius 2 is 1.85 bits per heavy atom. The fraction of sp³-hybridized carbons (Fsp3) is 0.130. The number of anilines is 1. The van der Waals surface area contributed by atoms with Crippen LogP contribution in [-0.4, -0.2) is 38.9 Å². The first-order valence-electron chi connectivity index (χ1n) is 9.95. The molecule has 168 valence electrons. The highest BCUT2D eigenvalue weighted by Crippen LogP contribution is 2.24. The van der Waals surface area contributed by atoms with Crippen molar-refractivity contribution in [2.24, 2.45) is 0 Å². The smallest absolute Gasteiger partial charge is 0.335 e. The molecule has 0 saturated carbocycles. The maximum atomic E-state index is 13.1. The van der Waals surface area contributed by atoms with Crippen molar-refractivity contribution in [2.75, 3.05) is 17.7 Å². The monoisotopic (exact) mass is 481 g/mol. The van der Waals surface area contributed by atoms with E-state index >= 15 is 0 Å². The first kappa shape index (κ1) is 22.6. The molecule has 0 radical (unpaired) electrons. The Balaban J connectivity index is 1.57. The maximum absolute atomic E-state index is 13.1. The highest BCUT2D eigenvalue weighted by molar-refractivity contribution is 7.99. The Hall–Kier alpha value is -3.63. The molecule has 4 aromatic rings. The lowest BCUT2D eigenvalue weighted by atomic mass is 10.2. The highest BCUT2D eigenvalue weighted by atomic mass is 32.2. The van der Waals surface area contributed by atoms with Gasteiger partial charge in [0.2, 0.25) is 5.91 Å². The van der Waals surface area contributed by atoms with E-state index in [9.17, 15) is 14.4 Å². The average molecular weight is 482 g/mol. The van der Waals surface area contributed by atoms with Gasteiger partial charge in [-0.1, -0.05) is 11.8 Å². The number of aromatic carboxylic acids is 1. The first-order chi connectivity index (χ1) is 16.0. The Bertz CT molecular complexity index is 1360. The quantitative estimate of drug-likeness (QED) is 0.286. The van der Waals surface area contributed by atoms with E-state index in [0.29, 0.717) is 33.4 Å². The van der Waals surface area contributed by atoms with Crippen molar-refractivity contribution in [3.8, 4) is 11.4 Å². The second kappa shape index (κ2) is 9.88. The van der Waals surface area contributed by atoms with Crippen LogP contribution < -0.4 is 15.6 Å². The van der Waals surface area contributed by atoms with Crippen LogP contribution >= 0.6 is 23.1 Å². The SMILES string of the molecule is CCOc1ccc(NC(=O)CSc2nc3ccsc3c(=O)n2-c2ccc(C(=O)O)cc2)cc1. The Labute approximate surface area is 196 Å². The van der Waals surface area contributed by atoms with E-state index < -0.39 is 5.97 Å². The van der Waals surface area contributed by atoms with Gasteiger partial charge in [0.25, 0.3) is 5.56 Å². The van der Waals surface area contributed by atoms with E-state index in [1.54, 1.807) is 47.8 Å². The summed E-state index contributed by atoms with van der Waals surface area (Å²) in [6.45, 7) is 2.46. The molecule has 0 atom stereocenters. The first-order valence-corrected chi connectivity index (χ1v) is 11.8. The lowest BCUT2D eigenvalue weighted by molar-refractivity contribution is -0.113. The molecule has 0 saturated heterocycles. The minimum atomic E-state index is -1.05.